The third kappa shape index (κ3) is 8.94. The molecule has 0 aliphatic heterocycles. The van der Waals surface area contributed by atoms with Crippen molar-refractivity contribution in [2.75, 3.05) is 51.4 Å². The Balaban J connectivity index is 3.04. The Morgan fingerprint density at radius 2 is 1.50 bits per heavy atom. The van der Waals surface area contributed by atoms with Crippen molar-refractivity contribution < 1.29 is 9.47 Å². The van der Waals surface area contributed by atoms with Crippen LogP contribution in [0.25, 0.3) is 0 Å². The van der Waals surface area contributed by atoms with E-state index in [-0.39, 0.29) is 0 Å². The number of hydrogen-bond acceptors (Lipinski definition) is 3. The second kappa shape index (κ2) is 11.4. The summed E-state index contributed by atoms with van der Waals surface area (Å²) >= 11 is 3.30. The zero-order valence-corrected chi connectivity index (χ0v) is 10.9. The smallest absolute Gasteiger partial charge is 0.0701 e. The highest BCUT2D eigenvalue weighted by Gasteiger charge is 1.97. The minimum atomic E-state index is 0.698. The maximum Gasteiger partial charge on any atom is 0.0701 e. The molecule has 0 atom stereocenters. The van der Waals surface area contributed by atoms with Crippen molar-refractivity contribution in [2.24, 2.45) is 0 Å². The van der Waals surface area contributed by atoms with Crippen LogP contribution in [0.5, 0.6) is 0 Å². The normalized spacial score (nSPS) is 11.1. The molecule has 0 bridgehead atoms. The molecule has 0 aliphatic carbocycles. The van der Waals surface area contributed by atoms with E-state index in [9.17, 15) is 0 Å². The first-order chi connectivity index (χ1) is 6.85. The lowest BCUT2D eigenvalue weighted by Gasteiger charge is -2.17. The van der Waals surface area contributed by atoms with Gasteiger partial charge in [-0.15, -0.1) is 0 Å². The highest BCUT2D eigenvalue weighted by Crippen LogP contribution is 1.87. The molecule has 0 heterocycles. The van der Waals surface area contributed by atoms with E-state index in [2.05, 4.69) is 34.7 Å². The lowest BCUT2D eigenvalue weighted by atomic mass is 10.5. The Bertz CT molecular complexity index is 110. The Morgan fingerprint density at radius 1 is 0.929 bits per heavy atom. The number of likely N-dealkylation sites (N-methyl/N-ethyl adjacent to an activating group) is 1. The molecule has 0 saturated carbocycles. The van der Waals surface area contributed by atoms with Gasteiger partial charge in [-0.2, -0.15) is 0 Å². The van der Waals surface area contributed by atoms with Crippen molar-refractivity contribution in [3.63, 3.8) is 0 Å². The van der Waals surface area contributed by atoms with E-state index in [1.807, 2.05) is 0 Å². The zero-order valence-electron chi connectivity index (χ0n) is 9.30. The van der Waals surface area contributed by atoms with Crippen molar-refractivity contribution in [1.82, 2.24) is 4.90 Å². The monoisotopic (exact) mass is 267 g/mol. The van der Waals surface area contributed by atoms with Gasteiger partial charge >= 0.3 is 0 Å². The molecule has 0 aromatic heterocycles. The summed E-state index contributed by atoms with van der Waals surface area (Å²) in [6.45, 7) is 10.5. The summed E-state index contributed by atoms with van der Waals surface area (Å²) in [7, 11) is 0. The highest BCUT2D eigenvalue weighted by atomic mass is 79.9. The quantitative estimate of drug-likeness (QED) is 0.445. The van der Waals surface area contributed by atoms with Crippen LogP contribution in [0.2, 0.25) is 0 Å². The Morgan fingerprint density at radius 3 is 2.00 bits per heavy atom. The molecule has 0 rings (SSSR count). The first-order valence-electron chi connectivity index (χ1n) is 5.28. The van der Waals surface area contributed by atoms with Crippen molar-refractivity contribution >= 4 is 15.9 Å². The molecule has 4 heteroatoms. The predicted octanol–water partition coefficient (Wildman–Crippen LogP) is 1.76. The van der Waals surface area contributed by atoms with Gasteiger partial charge in [-0.3, -0.25) is 0 Å². The molecule has 0 saturated heterocycles. The maximum absolute atomic E-state index is 5.43. The van der Waals surface area contributed by atoms with Gasteiger partial charge < -0.3 is 14.4 Å². The van der Waals surface area contributed by atoms with E-state index in [1.54, 1.807) is 0 Å². The van der Waals surface area contributed by atoms with Gasteiger partial charge in [0.15, 0.2) is 0 Å². The Hall–Kier alpha value is 0.360. The third-order valence-corrected chi connectivity index (χ3v) is 2.36. The van der Waals surface area contributed by atoms with Crippen LogP contribution in [-0.4, -0.2) is 56.3 Å². The molecule has 0 radical (unpaired) electrons. The van der Waals surface area contributed by atoms with Gasteiger partial charge in [-0.05, 0) is 13.1 Å². The fraction of sp³-hybridized carbons (Fsp3) is 1.00. The molecular weight excluding hydrogens is 246 g/mol. The van der Waals surface area contributed by atoms with E-state index in [1.165, 1.54) is 0 Å². The van der Waals surface area contributed by atoms with Crippen LogP contribution in [0.1, 0.15) is 13.8 Å². The summed E-state index contributed by atoms with van der Waals surface area (Å²) in [5, 5.41) is 0.895. The largest absolute Gasteiger partial charge is 0.378 e. The van der Waals surface area contributed by atoms with Crippen molar-refractivity contribution in [3.05, 3.63) is 0 Å². The van der Waals surface area contributed by atoms with Crippen LogP contribution in [0.4, 0.5) is 0 Å². The summed E-state index contributed by atoms with van der Waals surface area (Å²) in [6.07, 6.45) is 0. The molecule has 0 spiro atoms. The first-order valence-corrected chi connectivity index (χ1v) is 6.41. The molecule has 0 fully saturated rings. The van der Waals surface area contributed by atoms with Gasteiger partial charge in [-0.25, -0.2) is 0 Å². The van der Waals surface area contributed by atoms with E-state index in [0.717, 1.165) is 38.2 Å². The second-order valence-corrected chi connectivity index (χ2v) is 3.73. The number of halogens is 1. The average Bonchev–Trinajstić information content (AvgIpc) is 2.22. The van der Waals surface area contributed by atoms with E-state index in [4.69, 9.17) is 9.47 Å². The number of alkyl halides is 1. The van der Waals surface area contributed by atoms with Gasteiger partial charge in [0.2, 0.25) is 0 Å². The number of rotatable bonds is 10. The average molecular weight is 268 g/mol. The van der Waals surface area contributed by atoms with Gasteiger partial charge in [0.1, 0.15) is 0 Å². The van der Waals surface area contributed by atoms with Crippen LogP contribution in [0.15, 0.2) is 0 Å². The molecule has 0 aromatic carbocycles. The minimum Gasteiger partial charge on any atom is -0.378 e. The molecule has 0 aliphatic rings. The number of ether oxygens (including phenoxy) is 2. The number of nitrogens with zero attached hydrogens (tertiary/aromatic N) is 1. The zero-order chi connectivity index (χ0) is 10.6. The number of hydrogen-bond donors (Lipinski definition) is 0. The Labute approximate surface area is 95.9 Å². The maximum atomic E-state index is 5.43. The fourth-order valence-corrected chi connectivity index (χ4v) is 1.34. The summed E-state index contributed by atoms with van der Waals surface area (Å²) in [5.41, 5.74) is 0. The molecule has 3 nitrogen and oxygen atoms in total. The topological polar surface area (TPSA) is 21.7 Å². The molecule has 0 aromatic rings. The van der Waals surface area contributed by atoms with Gasteiger partial charge in [0, 0.05) is 11.9 Å². The van der Waals surface area contributed by atoms with Crippen molar-refractivity contribution in [1.29, 1.82) is 0 Å². The highest BCUT2D eigenvalue weighted by molar-refractivity contribution is 9.09. The Kier molecular flexibility index (Phi) is 11.7. The molecular formula is C10H22BrNO2. The summed E-state index contributed by atoms with van der Waals surface area (Å²) in [5.74, 6) is 0. The lowest BCUT2D eigenvalue weighted by molar-refractivity contribution is 0.0449. The molecule has 14 heavy (non-hydrogen) atoms. The SMILES string of the molecule is CCN(CC)CCOCCOCCBr. The van der Waals surface area contributed by atoms with Gasteiger partial charge in [0.05, 0.1) is 26.4 Å². The van der Waals surface area contributed by atoms with Gasteiger partial charge in [-0.1, -0.05) is 29.8 Å². The van der Waals surface area contributed by atoms with Crippen molar-refractivity contribution in [3.8, 4) is 0 Å². The summed E-state index contributed by atoms with van der Waals surface area (Å²) in [4.78, 5) is 2.35. The molecule has 86 valence electrons. The second-order valence-electron chi connectivity index (χ2n) is 2.94. The third-order valence-electron chi connectivity index (χ3n) is 2.04. The van der Waals surface area contributed by atoms with E-state index < -0.39 is 0 Å². The van der Waals surface area contributed by atoms with E-state index in [0.29, 0.717) is 13.2 Å². The standard InChI is InChI=1S/C10H22BrNO2/c1-3-12(4-2)6-8-14-10-9-13-7-5-11/h3-10H2,1-2H3. The van der Waals surface area contributed by atoms with Crippen LogP contribution in [-0.2, 0) is 9.47 Å². The van der Waals surface area contributed by atoms with Crippen LogP contribution < -0.4 is 0 Å². The molecule has 0 N–H and O–H groups in total. The van der Waals surface area contributed by atoms with Crippen LogP contribution in [0, 0.1) is 0 Å². The first kappa shape index (κ1) is 14.4. The van der Waals surface area contributed by atoms with E-state index >= 15 is 0 Å². The van der Waals surface area contributed by atoms with Gasteiger partial charge in [0.25, 0.3) is 0 Å². The van der Waals surface area contributed by atoms with Crippen LogP contribution >= 0.6 is 15.9 Å². The minimum absolute atomic E-state index is 0.698. The van der Waals surface area contributed by atoms with Crippen molar-refractivity contribution in [2.45, 2.75) is 13.8 Å². The summed E-state index contributed by atoms with van der Waals surface area (Å²) in [6, 6.07) is 0. The lowest BCUT2D eigenvalue weighted by Crippen LogP contribution is -2.27. The molecule has 0 unspecified atom stereocenters. The predicted molar refractivity (Wildman–Crippen MR) is 63.2 cm³/mol. The van der Waals surface area contributed by atoms with Crippen LogP contribution in [0.3, 0.4) is 0 Å². The summed E-state index contributed by atoms with van der Waals surface area (Å²) < 4.78 is 10.7. The molecule has 0 amide bonds. The fourth-order valence-electron chi connectivity index (χ4n) is 1.11.